The highest BCUT2D eigenvalue weighted by molar-refractivity contribution is 7.31. The summed E-state index contributed by atoms with van der Waals surface area (Å²) in [5.74, 6) is 0.819. The molecule has 4 atom stereocenters. The van der Waals surface area contributed by atoms with E-state index in [-0.39, 0.29) is 29.8 Å². The fraction of sp³-hybridized carbons (Fsp3) is 0.304. The number of thiophene rings is 2. The number of amides is 4. The highest BCUT2D eigenvalue weighted by atomic mass is 32.1. The third-order valence-electron chi connectivity index (χ3n) is 11.8. The fourth-order valence-electron chi connectivity index (χ4n) is 8.66. The lowest BCUT2D eigenvalue weighted by Crippen LogP contribution is -2.50. The van der Waals surface area contributed by atoms with E-state index in [2.05, 4.69) is 74.1 Å². The van der Waals surface area contributed by atoms with Gasteiger partial charge in [-0.2, -0.15) is 0 Å². The maximum Gasteiger partial charge on any atom is 0.407 e. The number of hydrogen-bond donors (Lipinski definition) is 5. The topological polar surface area (TPSA) is 186 Å². The third kappa shape index (κ3) is 8.02. The van der Waals surface area contributed by atoms with Crippen molar-refractivity contribution >= 4 is 67.1 Å². The molecule has 2 aliphatic rings. The maximum atomic E-state index is 14.0. The predicted molar refractivity (Wildman–Crippen MR) is 240 cm³/mol. The molecule has 16 heteroatoms. The number of nitrogens with zero attached hydrogens (tertiary/aromatic N) is 4. The number of rotatable bonds is 11. The molecule has 0 aliphatic carbocycles. The van der Waals surface area contributed by atoms with Gasteiger partial charge in [0.25, 0.3) is 5.91 Å². The van der Waals surface area contributed by atoms with Gasteiger partial charge in [-0.15, -0.1) is 22.7 Å². The quantitative estimate of drug-likeness (QED) is 0.0851. The van der Waals surface area contributed by atoms with Crippen molar-refractivity contribution in [2.24, 2.45) is 5.92 Å². The Bertz CT molecular complexity index is 2740. The highest BCUT2D eigenvalue weighted by Crippen LogP contribution is 2.43. The molecule has 62 heavy (non-hydrogen) atoms. The molecule has 0 bridgehead atoms. The second kappa shape index (κ2) is 17.1. The summed E-state index contributed by atoms with van der Waals surface area (Å²) < 4.78 is 7.20. The Morgan fingerprint density at radius 3 is 2.11 bits per heavy atom. The summed E-state index contributed by atoms with van der Waals surface area (Å²) in [6, 6.07) is 26.1. The van der Waals surface area contributed by atoms with Crippen LogP contribution in [0.25, 0.3) is 52.6 Å². The number of H-pyrrole nitrogens is 2. The van der Waals surface area contributed by atoms with Gasteiger partial charge in [-0.25, -0.2) is 19.6 Å². The number of fused-ring (bicyclic) bond motifs is 2. The molecule has 0 saturated carbocycles. The van der Waals surface area contributed by atoms with Gasteiger partial charge in [-0.05, 0) is 78.1 Å². The van der Waals surface area contributed by atoms with Gasteiger partial charge in [0.2, 0.25) is 5.91 Å². The Hall–Kier alpha value is -6.52. The zero-order chi connectivity index (χ0) is 43.1. The lowest BCUT2D eigenvalue weighted by atomic mass is 10.0. The molecular formula is C46H46N8O6S2. The van der Waals surface area contributed by atoms with Crippen molar-refractivity contribution in [1.29, 1.82) is 0 Å². The molecule has 318 valence electrons. The van der Waals surface area contributed by atoms with E-state index in [1.165, 1.54) is 21.4 Å². The number of likely N-dealkylation sites (tertiary alicyclic amines) is 2. The van der Waals surface area contributed by atoms with E-state index in [0.717, 1.165) is 69.8 Å². The number of carboxylic acid groups (broad SMARTS) is 1. The van der Waals surface area contributed by atoms with Crippen LogP contribution in [0.5, 0.6) is 0 Å². The van der Waals surface area contributed by atoms with Crippen LogP contribution in [0.4, 0.5) is 9.59 Å². The first-order valence-electron chi connectivity index (χ1n) is 20.7. The van der Waals surface area contributed by atoms with Crippen molar-refractivity contribution in [3.8, 4) is 32.1 Å². The van der Waals surface area contributed by atoms with Gasteiger partial charge < -0.3 is 40.2 Å². The zero-order valence-electron chi connectivity index (χ0n) is 34.4. The largest absolute Gasteiger partial charge is 0.465 e. The number of aromatic nitrogens is 4. The summed E-state index contributed by atoms with van der Waals surface area (Å²) in [6.07, 6.45) is 3.10. The number of hydrogen-bond acceptors (Lipinski definition) is 9. The van der Waals surface area contributed by atoms with E-state index in [1.807, 2.05) is 56.4 Å². The minimum Gasteiger partial charge on any atom is -0.465 e. The number of benzene rings is 3. The first-order valence-corrected chi connectivity index (χ1v) is 22.4. The predicted octanol–water partition coefficient (Wildman–Crippen LogP) is 9.28. The average Bonchev–Trinajstić information content (AvgIpc) is 4.13. The average molecular weight is 871 g/mol. The van der Waals surface area contributed by atoms with Crippen LogP contribution in [-0.2, 0) is 14.3 Å². The lowest BCUT2D eigenvalue weighted by Gasteiger charge is -2.29. The van der Waals surface area contributed by atoms with Crippen LogP contribution in [0.15, 0.2) is 91.1 Å². The first kappa shape index (κ1) is 40.9. The Labute approximate surface area is 365 Å². The summed E-state index contributed by atoms with van der Waals surface area (Å²) in [5.41, 5.74) is 6.49. The summed E-state index contributed by atoms with van der Waals surface area (Å²) in [4.78, 5) is 73.5. The van der Waals surface area contributed by atoms with Gasteiger partial charge in [0.05, 0.1) is 47.0 Å². The number of imidazole rings is 2. The highest BCUT2D eigenvalue weighted by Gasteiger charge is 2.39. The number of ether oxygens (including phenoxy) is 1. The molecular weight excluding hydrogens is 825 g/mol. The molecule has 4 aromatic heterocycles. The Morgan fingerprint density at radius 1 is 0.774 bits per heavy atom. The SMILES string of the molecule is COC(=O)N[C@@H](C(=O)N1CCCC1c1nc2cc(-c3ccc(-c4cc5sc(-c6cnc([C@@H]7CCCN7C(=O)[C@@H](NC(=O)O)C(C)C)[nH]6)cc5s4)cc3)ccc2[nH]1)c1ccccc1. The van der Waals surface area contributed by atoms with E-state index in [9.17, 15) is 24.3 Å². The third-order valence-corrected chi connectivity index (χ3v) is 14.2. The van der Waals surface area contributed by atoms with Crippen LogP contribution in [0, 0.1) is 5.92 Å². The van der Waals surface area contributed by atoms with Gasteiger partial charge in [0, 0.05) is 27.4 Å². The molecule has 7 aromatic rings. The van der Waals surface area contributed by atoms with Crippen molar-refractivity contribution in [1.82, 2.24) is 40.4 Å². The number of carbonyl (C=O) groups is 4. The molecule has 2 fully saturated rings. The monoisotopic (exact) mass is 870 g/mol. The van der Waals surface area contributed by atoms with Crippen molar-refractivity contribution < 1.29 is 29.0 Å². The van der Waals surface area contributed by atoms with E-state index in [4.69, 9.17) is 9.72 Å². The van der Waals surface area contributed by atoms with Gasteiger partial charge in [-0.3, -0.25) is 9.59 Å². The molecule has 14 nitrogen and oxygen atoms in total. The summed E-state index contributed by atoms with van der Waals surface area (Å²) in [5, 5.41) is 14.4. The Balaban J connectivity index is 0.881. The molecule has 0 spiro atoms. The number of alkyl carbamates (subject to hydrolysis) is 1. The molecule has 3 aromatic carbocycles. The Morgan fingerprint density at radius 2 is 1.42 bits per heavy atom. The molecule has 9 rings (SSSR count). The fourth-order valence-corrected chi connectivity index (χ4v) is 11.0. The lowest BCUT2D eigenvalue weighted by molar-refractivity contribution is -0.135. The zero-order valence-corrected chi connectivity index (χ0v) is 36.0. The summed E-state index contributed by atoms with van der Waals surface area (Å²) in [7, 11) is 1.28. The molecule has 0 radical (unpaired) electrons. The van der Waals surface area contributed by atoms with E-state index in [1.54, 1.807) is 32.5 Å². The molecule has 4 amide bonds. The van der Waals surface area contributed by atoms with Crippen molar-refractivity contribution in [3.63, 3.8) is 0 Å². The minimum atomic E-state index is -1.21. The van der Waals surface area contributed by atoms with Crippen LogP contribution in [0.3, 0.4) is 0 Å². The van der Waals surface area contributed by atoms with E-state index < -0.39 is 24.3 Å². The molecule has 5 N–H and O–H groups in total. The van der Waals surface area contributed by atoms with Crippen molar-refractivity contribution in [2.45, 2.75) is 63.7 Å². The van der Waals surface area contributed by atoms with Crippen LogP contribution in [0.2, 0.25) is 0 Å². The van der Waals surface area contributed by atoms with Crippen molar-refractivity contribution in [3.05, 3.63) is 108 Å². The standard InChI is InChI=1S/C46H46N8O6S2/c1-25(2)39(51-45(57)58)43(55)53-19-7-11-33(53)41-47-24-32(50-41)36-23-38-37(62-36)22-35(61-38)27-15-13-26(14-16-27)29-17-18-30-31(21-29)49-42(48-30)34-12-8-20-54(34)44(56)40(52-46(59)60-3)28-9-5-4-6-10-28/h4-6,9-10,13-18,21-25,33-34,39-40,51H,7-8,11-12,19-20H2,1-3H3,(H,47,50)(H,48,49)(H,52,59)(H,57,58)/t33-,34?,39-,40+/m0/s1. The number of nitrogens with one attached hydrogen (secondary N) is 4. The molecule has 2 saturated heterocycles. The van der Waals surface area contributed by atoms with Gasteiger partial charge in [0.15, 0.2) is 0 Å². The molecule has 1 unspecified atom stereocenters. The van der Waals surface area contributed by atoms with Crippen LogP contribution in [0.1, 0.15) is 74.9 Å². The van der Waals surface area contributed by atoms with E-state index >= 15 is 0 Å². The first-order chi connectivity index (χ1) is 30.0. The van der Waals surface area contributed by atoms with Crippen molar-refractivity contribution in [2.75, 3.05) is 20.2 Å². The normalized spacial score (nSPS) is 17.5. The summed E-state index contributed by atoms with van der Waals surface area (Å²) in [6.45, 7) is 4.79. The minimum absolute atomic E-state index is 0.183. The van der Waals surface area contributed by atoms with Crippen LogP contribution < -0.4 is 10.6 Å². The second-order valence-corrected chi connectivity index (χ2v) is 18.3. The Kier molecular flexibility index (Phi) is 11.3. The number of aromatic amines is 2. The molecule has 2 aliphatic heterocycles. The maximum absolute atomic E-state index is 14.0. The van der Waals surface area contributed by atoms with E-state index in [0.29, 0.717) is 24.5 Å². The van der Waals surface area contributed by atoms with Crippen LogP contribution >= 0.6 is 22.7 Å². The summed E-state index contributed by atoms with van der Waals surface area (Å²) >= 11 is 3.43. The van der Waals surface area contributed by atoms with Gasteiger partial charge in [-0.1, -0.05) is 74.5 Å². The number of carbonyl (C=O) groups excluding carboxylic acids is 3. The van der Waals surface area contributed by atoms with Crippen LogP contribution in [-0.4, -0.2) is 85.1 Å². The number of methoxy groups -OCH3 is 1. The van der Waals surface area contributed by atoms with Gasteiger partial charge in [0.1, 0.15) is 23.7 Å². The smallest absolute Gasteiger partial charge is 0.407 e. The van der Waals surface area contributed by atoms with Gasteiger partial charge >= 0.3 is 12.2 Å². The second-order valence-electron chi connectivity index (χ2n) is 16.1. The molecule has 6 heterocycles.